The lowest BCUT2D eigenvalue weighted by molar-refractivity contribution is -0.896. The van der Waals surface area contributed by atoms with Gasteiger partial charge in [0.1, 0.15) is 18.9 Å². The second-order valence-electron chi connectivity index (χ2n) is 8.81. The maximum absolute atomic E-state index is 11.2. The number of carbonyl (C=O) groups is 1. The number of halogens is 2. The molecule has 8 heteroatoms. The molecule has 0 unspecified atom stereocenters. The first-order valence-electron chi connectivity index (χ1n) is 10.3. The van der Waals surface area contributed by atoms with Gasteiger partial charge in [-0.1, -0.05) is 33.6 Å². The molecule has 1 aliphatic heterocycles. The van der Waals surface area contributed by atoms with Crippen LogP contribution in [-0.4, -0.2) is 55.8 Å². The molecule has 3 rings (SSSR count). The number of ether oxygens (including phenoxy) is 1. The molecular formula is C23H30BrClN3O3+. The summed E-state index contributed by atoms with van der Waals surface area (Å²) in [7, 11) is 3.85. The summed E-state index contributed by atoms with van der Waals surface area (Å²) in [6.45, 7) is 4.94. The Bertz CT molecular complexity index is 919. The fourth-order valence-corrected chi connectivity index (χ4v) is 4.43. The molecule has 0 amide bonds. The van der Waals surface area contributed by atoms with E-state index in [4.69, 9.17) is 16.3 Å². The van der Waals surface area contributed by atoms with Gasteiger partial charge in [0, 0.05) is 46.8 Å². The summed E-state index contributed by atoms with van der Waals surface area (Å²) in [5.74, 6) is 0.658. The Morgan fingerprint density at radius 2 is 2.00 bits per heavy atom. The largest absolute Gasteiger partial charge is 0.489 e. The van der Waals surface area contributed by atoms with Crippen molar-refractivity contribution in [1.82, 2.24) is 10.6 Å². The molecule has 1 aliphatic rings. The second kappa shape index (κ2) is 10.8. The highest BCUT2D eigenvalue weighted by Gasteiger charge is 2.21. The molecule has 2 aromatic carbocycles. The molecule has 6 nitrogen and oxygen atoms in total. The molecule has 0 aliphatic carbocycles. The van der Waals surface area contributed by atoms with Gasteiger partial charge in [0.2, 0.25) is 0 Å². The summed E-state index contributed by atoms with van der Waals surface area (Å²) in [6, 6.07) is 11.8. The highest BCUT2D eigenvalue weighted by Crippen LogP contribution is 2.25. The van der Waals surface area contributed by atoms with E-state index in [2.05, 4.69) is 38.7 Å². The molecule has 1 heterocycles. The maximum atomic E-state index is 11.2. The standard InChI is InChI=1S/C23H29BrClN3O3/c1-28(2,14-23(29)30)13-17-5-16(9-26-10-18-11-27-12-18)6-21(7-17)31-15-19-3-4-20(25)8-22(19)24/h3-8,18,26-27H,9-15H2,1-2H3/p+1. The number of hydrogen-bond acceptors (Lipinski definition) is 4. The minimum atomic E-state index is -0.805. The summed E-state index contributed by atoms with van der Waals surface area (Å²) in [4.78, 5) is 11.2. The zero-order valence-electron chi connectivity index (χ0n) is 18.0. The fourth-order valence-electron chi connectivity index (χ4n) is 3.63. The summed E-state index contributed by atoms with van der Waals surface area (Å²) in [5.41, 5.74) is 3.19. The first-order chi connectivity index (χ1) is 14.7. The highest BCUT2D eigenvalue weighted by molar-refractivity contribution is 9.10. The number of carboxylic acids is 1. The van der Waals surface area contributed by atoms with Crippen LogP contribution in [0.1, 0.15) is 16.7 Å². The first-order valence-corrected chi connectivity index (χ1v) is 11.5. The molecular weight excluding hydrogens is 482 g/mol. The number of nitrogens with zero attached hydrogens (tertiary/aromatic N) is 1. The average Bonchev–Trinajstić information content (AvgIpc) is 2.61. The molecule has 3 N–H and O–H groups in total. The number of aliphatic carboxylic acids is 1. The van der Waals surface area contributed by atoms with Crippen LogP contribution in [0.5, 0.6) is 5.75 Å². The molecule has 0 radical (unpaired) electrons. The molecule has 0 bridgehead atoms. The van der Waals surface area contributed by atoms with Crippen molar-refractivity contribution >= 4 is 33.5 Å². The number of benzene rings is 2. The summed E-state index contributed by atoms with van der Waals surface area (Å²) >= 11 is 9.57. The van der Waals surface area contributed by atoms with Crippen molar-refractivity contribution < 1.29 is 19.1 Å². The third-order valence-corrected chi connectivity index (χ3v) is 6.21. The van der Waals surface area contributed by atoms with Crippen LogP contribution in [0.2, 0.25) is 5.02 Å². The first kappa shape index (κ1) is 24.0. The van der Waals surface area contributed by atoms with Crippen LogP contribution in [0.4, 0.5) is 0 Å². The maximum Gasteiger partial charge on any atom is 0.359 e. The molecule has 1 fully saturated rings. The zero-order valence-corrected chi connectivity index (χ0v) is 20.3. The number of nitrogens with one attached hydrogen (secondary N) is 2. The third kappa shape index (κ3) is 7.77. The van der Waals surface area contributed by atoms with E-state index in [1.807, 2.05) is 38.4 Å². The lowest BCUT2D eigenvalue weighted by Gasteiger charge is -2.28. The molecule has 168 valence electrons. The van der Waals surface area contributed by atoms with E-state index >= 15 is 0 Å². The van der Waals surface area contributed by atoms with Gasteiger partial charge >= 0.3 is 5.97 Å². The average molecular weight is 512 g/mol. The Morgan fingerprint density at radius 3 is 2.65 bits per heavy atom. The van der Waals surface area contributed by atoms with Gasteiger partial charge in [-0.2, -0.15) is 0 Å². The molecule has 2 aromatic rings. The van der Waals surface area contributed by atoms with Crippen molar-refractivity contribution in [3.63, 3.8) is 0 Å². The SMILES string of the molecule is C[N+](C)(CC(=O)O)Cc1cc(CNCC2CNC2)cc(OCc2ccc(Cl)cc2Br)c1. The number of carboxylic acid groups (broad SMARTS) is 1. The monoisotopic (exact) mass is 510 g/mol. The number of hydrogen-bond donors (Lipinski definition) is 3. The van der Waals surface area contributed by atoms with E-state index in [-0.39, 0.29) is 6.54 Å². The Kier molecular flexibility index (Phi) is 8.36. The Morgan fingerprint density at radius 1 is 1.26 bits per heavy atom. The van der Waals surface area contributed by atoms with Gasteiger partial charge < -0.3 is 25.0 Å². The summed E-state index contributed by atoms with van der Waals surface area (Å²) in [6.07, 6.45) is 0. The van der Waals surface area contributed by atoms with E-state index in [1.165, 1.54) is 0 Å². The van der Waals surface area contributed by atoms with Crippen LogP contribution in [0.3, 0.4) is 0 Å². The Labute approximate surface area is 197 Å². The van der Waals surface area contributed by atoms with Gasteiger partial charge in [-0.05, 0) is 41.8 Å². The van der Waals surface area contributed by atoms with Crippen molar-refractivity contribution in [3.05, 3.63) is 62.6 Å². The molecule has 0 spiro atoms. The highest BCUT2D eigenvalue weighted by atomic mass is 79.9. The molecule has 0 saturated carbocycles. The zero-order chi connectivity index (χ0) is 22.4. The Balaban J connectivity index is 1.73. The van der Waals surface area contributed by atoms with Gasteiger partial charge in [0.05, 0.1) is 14.1 Å². The van der Waals surface area contributed by atoms with Crippen LogP contribution in [-0.2, 0) is 24.5 Å². The van der Waals surface area contributed by atoms with Gasteiger partial charge in [-0.25, -0.2) is 4.79 Å². The fraction of sp³-hybridized carbons (Fsp3) is 0.435. The van der Waals surface area contributed by atoms with Crippen molar-refractivity contribution in [3.8, 4) is 5.75 Å². The minimum absolute atomic E-state index is 0.0606. The Hall–Kier alpha value is -1.64. The molecule has 31 heavy (non-hydrogen) atoms. The lowest BCUT2D eigenvalue weighted by atomic mass is 10.0. The van der Waals surface area contributed by atoms with Crippen molar-refractivity contribution in [2.75, 3.05) is 40.3 Å². The predicted molar refractivity (Wildman–Crippen MR) is 126 cm³/mol. The molecule has 0 atom stereocenters. The van der Waals surface area contributed by atoms with Gasteiger partial charge in [0.15, 0.2) is 6.54 Å². The van der Waals surface area contributed by atoms with Crippen LogP contribution < -0.4 is 15.4 Å². The van der Waals surface area contributed by atoms with E-state index in [0.717, 1.165) is 53.1 Å². The van der Waals surface area contributed by atoms with Crippen LogP contribution in [0.15, 0.2) is 40.9 Å². The van der Waals surface area contributed by atoms with Crippen LogP contribution in [0, 0.1) is 5.92 Å². The van der Waals surface area contributed by atoms with E-state index in [1.54, 1.807) is 0 Å². The van der Waals surface area contributed by atoms with E-state index in [9.17, 15) is 9.90 Å². The number of quaternary nitrogens is 1. The van der Waals surface area contributed by atoms with E-state index in [0.29, 0.717) is 28.6 Å². The molecule has 0 aromatic heterocycles. The predicted octanol–water partition coefficient (Wildman–Crippen LogP) is 3.65. The van der Waals surface area contributed by atoms with Crippen LogP contribution in [0.25, 0.3) is 0 Å². The number of likely N-dealkylation sites (N-methyl/N-ethyl adjacent to an activating group) is 1. The van der Waals surface area contributed by atoms with Crippen molar-refractivity contribution in [1.29, 1.82) is 0 Å². The van der Waals surface area contributed by atoms with Gasteiger partial charge in [-0.15, -0.1) is 0 Å². The third-order valence-electron chi connectivity index (χ3n) is 5.24. The van der Waals surface area contributed by atoms with Gasteiger partial charge in [-0.3, -0.25) is 0 Å². The topological polar surface area (TPSA) is 70.6 Å². The van der Waals surface area contributed by atoms with E-state index < -0.39 is 5.97 Å². The minimum Gasteiger partial charge on any atom is -0.489 e. The van der Waals surface area contributed by atoms with Crippen molar-refractivity contribution in [2.24, 2.45) is 5.92 Å². The molecule has 1 saturated heterocycles. The smallest absolute Gasteiger partial charge is 0.359 e. The summed E-state index contributed by atoms with van der Waals surface area (Å²) < 4.78 is 7.39. The van der Waals surface area contributed by atoms with Gasteiger partial charge in [0.25, 0.3) is 0 Å². The van der Waals surface area contributed by atoms with Crippen molar-refractivity contribution in [2.45, 2.75) is 19.7 Å². The normalized spacial score (nSPS) is 14.3. The lowest BCUT2D eigenvalue weighted by Crippen LogP contribution is -2.47. The number of rotatable bonds is 11. The second-order valence-corrected chi connectivity index (χ2v) is 10.1. The summed E-state index contributed by atoms with van der Waals surface area (Å²) in [5, 5.41) is 16.7. The van der Waals surface area contributed by atoms with Crippen LogP contribution >= 0.6 is 27.5 Å². The quantitative estimate of drug-likeness (QED) is 0.402.